The molecule has 1 N–H and O–H groups in total. The van der Waals surface area contributed by atoms with Gasteiger partial charge in [0, 0.05) is 13.6 Å². The van der Waals surface area contributed by atoms with Crippen LogP contribution in [0.4, 0.5) is 5.69 Å². The summed E-state index contributed by atoms with van der Waals surface area (Å²) < 4.78 is 0. The molecule has 0 spiro atoms. The summed E-state index contributed by atoms with van der Waals surface area (Å²) in [6, 6.07) is 5.80. The Morgan fingerprint density at radius 2 is 2.18 bits per heavy atom. The fourth-order valence-corrected chi connectivity index (χ4v) is 2.53. The summed E-state index contributed by atoms with van der Waals surface area (Å²) in [5.41, 5.74) is 1.92. The summed E-state index contributed by atoms with van der Waals surface area (Å²) in [6.07, 6.45) is 0.864. The van der Waals surface area contributed by atoms with Crippen LogP contribution in [0.25, 0.3) is 0 Å². The molecule has 1 aromatic carbocycles. The number of anilines is 1. The van der Waals surface area contributed by atoms with Gasteiger partial charge in [-0.1, -0.05) is 24.6 Å². The molecule has 0 saturated heterocycles. The van der Waals surface area contributed by atoms with Crippen molar-refractivity contribution in [1.29, 1.82) is 0 Å². The van der Waals surface area contributed by atoms with Crippen molar-refractivity contribution in [2.24, 2.45) is 11.8 Å². The Morgan fingerprint density at radius 1 is 1.53 bits per heavy atom. The number of hydrogen-bond acceptors (Lipinski definition) is 2. The quantitative estimate of drug-likeness (QED) is 0.888. The molecule has 2 nitrogen and oxygen atoms in total. The Kier molecular flexibility index (Phi) is 3.64. The molecule has 1 aliphatic carbocycles. The largest absolute Gasteiger partial charge is 0.389 e. The van der Waals surface area contributed by atoms with Crippen LogP contribution in [0.15, 0.2) is 18.2 Å². The highest BCUT2D eigenvalue weighted by Gasteiger charge is 2.33. The van der Waals surface area contributed by atoms with Crippen LogP contribution in [0, 0.1) is 11.8 Å². The average molecular weight is 254 g/mol. The zero-order chi connectivity index (χ0) is 12.6. The van der Waals surface area contributed by atoms with Crippen LogP contribution in [-0.2, 0) is 0 Å². The second kappa shape index (κ2) is 4.87. The number of hydrogen-bond donors (Lipinski definition) is 1. The van der Waals surface area contributed by atoms with E-state index in [0.717, 1.165) is 34.7 Å². The van der Waals surface area contributed by atoms with Crippen LogP contribution >= 0.6 is 11.6 Å². The molecular weight excluding hydrogens is 234 g/mol. The van der Waals surface area contributed by atoms with Gasteiger partial charge in [0.1, 0.15) is 0 Å². The van der Waals surface area contributed by atoms with Crippen LogP contribution in [0.5, 0.6) is 0 Å². The van der Waals surface area contributed by atoms with E-state index in [2.05, 4.69) is 18.9 Å². The van der Waals surface area contributed by atoms with Crippen molar-refractivity contribution in [3.05, 3.63) is 28.8 Å². The van der Waals surface area contributed by atoms with Gasteiger partial charge in [-0.05, 0) is 42.9 Å². The SMILES string of the molecule is CC1CC1CN(C)c1ccc([C@@H](C)O)cc1Cl. The predicted octanol–water partition coefficient (Wildman–Crippen LogP) is 3.49. The molecule has 94 valence electrons. The third-order valence-corrected chi connectivity index (χ3v) is 3.95. The fourth-order valence-electron chi connectivity index (χ4n) is 2.20. The first kappa shape index (κ1) is 12.7. The zero-order valence-electron chi connectivity index (χ0n) is 10.7. The van der Waals surface area contributed by atoms with E-state index in [1.165, 1.54) is 6.42 Å². The molecule has 1 saturated carbocycles. The molecule has 0 radical (unpaired) electrons. The number of benzene rings is 1. The van der Waals surface area contributed by atoms with Crippen molar-refractivity contribution in [2.75, 3.05) is 18.5 Å². The highest BCUT2D eigenvalue weighted by Crippen LogP contribution is 2.39. The molecule has 0 amide bonds. The monoisotopic (exact) mass is 253 g/mol. The highest BCUT2D eigenvalue weighted by atomic mass is 35.5. The topological polar surface area (TPSA) is 23.5 Å². The maximum atomic E-state index is 9.50. The van der Waals surface area contributed by atoms with E-state index >= 15 is 0 Å². The molecule has 2 rings (SSSR count). The molecule has 1 aliphatic rings. The Morgan fingerprint density at radius 3 is 2.65 bits per heavy atom. The minimum absolute atomic E-state index is 0.463. The lowest BCUT2D eigenvalue weighted by molar-refractivity contribution is 0.199. The summed E-state index contributed by atoms with van der Waals surface area (Å²) >= 11 is 6.26. The highest BCUT2D eigenvalue weighted by molar-refractivity contribution is 6.33. The first-order chi connectivity index (χ1) is 7.99. The minimum Gasteiger partial charge on any atom is -0.389 e. The number of halogens is 1. The maximum absolute atomic E-state index is 9.50. The number of aliphatic hydroxyl groups excluding tert-OH is 1. The molecule has 0 bridgehead atoms. The van der Waals surface area contributed by atoms with E-state index in [1.807, 2.05) is 18.2 Å². The van der Waals surface area contributed by atoms with Gasteiger partial charge in [0.25, 0.3) is 0 Å². The molecule has 0 aromatic heterocycles. The van der Waals surface area contributed by atoms with Crippen molar-refractivity contribution in [3.63, 3.8) is 0 Å². The van der Waals surface area contributed by atoms with Gasteiger partial charge < -0.3 is 10.0 Å². The van der Waals surface area contributed by atoms with E-state index in [4.69, 9.17) is 11.6 Å². The van der Waals surface area contributed by atoms with Crippen LogP contribution in [0.2, 0.25) is 5.02 Å². The summed E-state index contributed by atoms with van der Waals surface area (Å²) in [6.45, 7) is 5.10. The second-order valence-corrected chi connectivity index (χ2v) is 5.65. The molecule has 1 aromatic rings. The standard InChI is InChI=1S/C14H20ClNO/c1-9-6-12(9)8-16(3)14-5-4-11(10(2)17)7-13(14)15/h4-5,7,9-10,12,17H,6,8H2,1-3H3/t9?,10-,12?/m1/s1. The Hall–Kier alpha value is -0.730. The smallest absolute Gasteiger partial charge is 0.0762 e. The van der Waals surface area contributed by atoms with Gasteiger partial charge >= 0.3 is 0 Å². The van der Waals surface area contributed by atoms with Crippen molar-refractivity contribution < 1.29 is 5.11 Å². The van der Waals surface area contributed by atoms with Crippen molar-refractivity contribution >= 4 is 17.3 Å². The van der Waals surface area contributed by atoms with E-state index in [9.17, 15) is 5.11 Å². The first-order valence-corrected chi connectivity index (χ1v) is 6.55. The fraction of sp³-hybridized carbons (Fsp3) is 0.571. The number of rotatable bonds is 4. The van der Waals surface area contributed by atoms with Gasteiger partial charge in [0.15, 0.2) is 0 Å². The van der Waals surface area contributed by atoms with Crippen LogP contribution in [0.3, 0.4) is 0 Å². The van der Waals surface area contributed by atoms with Gasteiger partial charge in [-0.2, -0.15) is 0 Å². The Balaban J connectivity index is 2.09. The van der Waals surface area contributed by atoms with Crippen LogP contribution in [0.1, 0.15) is 31.9 Å². The van der Waals surface area contributed by atoms with Crippen molar-refractivity contribution in [2.45, 2.75) is 26.4 Å². The number of aliphatic hydroxyl groups is 1. The minimum atomic E-state index is -0.463. The third-order valence-electron chi connectivity index (χ3n) is 3.65. The van der Waals surface area contributed by atoms with E-state index < -0.39 is 6.10 Å². The molecule has 2 unspecified atom stereocenters. The van der Waals surface area contributed by atoms with Gasteiger partial charge in [-0.15, -0.1) is 0 Å². The summed E-state index contributed by atoms with van der Waals surface area (Å²) in [4.78, 5) is 2.21. The van der Waals surface area contributed by atoms with E-state index in [1.54, 1.807) is 6.92 Å². The van der Waals surface area contributed by atoms with Crippen LogP contribution < -0.4 is 4.90 Å². The van der Waals surface area contributed by atoms with E-state index in [0.29, 0.717) is 0 Å². The number of nitrogens with zero attached hydrogens (tertiary/aromatic N) is 1. The summed E-state index contributed by atoms with van der Waals surface area (Å²) in [5, 5.41) is 10.2. The van der Waals surface area contributed by atoms with Gasteiger partial charge in [0.05, 0.1) is 16.8 Å². The lowest BCUT2D eigenvalue weighted by atomic mass is 10.1. The van der Waals surface area contributed by atoms with Crippen molar-refractivity contribution in [3.8, 4) is 0 Å². The van der Waals surface area contributed by atoms with Crippen molar-refractivity contribution in [1.82, 2.24) is 0 Å². The van der Waals surface area contributed by atoms with Crippen LogP contribution in [-0.4, -0.2) is 18.7 Å². The molecular formula is C14H20ClNO. The summed E-state index contributed by atoms with van der Waals surface area (Å²) in [5.74, 6) is 1.67. The molecule has 0 heterocycles. The Bertz CT molecular complexity index is 405. The third kappa shape index (κ3) is 2.93. The molecule has 3 atom stereocenters. The first-order valence-electron chi connectivity index (χ1n) is 6.17. The maximum Gasteiger partial charge on any atom is 0.0762 e. The van der Waals surface area contributed by atoms with Gasteiger partial charge in [-0.25, -0.2) is 0 Å². The predicted molar refractivity (Wildman–Crippen MR) is 72.6 cm³/mol. The average Bonchev–Trinajstić information content (AvgIpc) is 2.93. The van der Waals surface area contributed by atoms with E-state index in [-0.39, 0.29) is 0 Å². The second-order valence-electron chi connectivity index (χ2n) is 5.24. The molecule has 17 heavy (non-hydrogen) atoms. The van der Waals surface area contributed by atoms with Gasteiger partial charge in [-0.3, -0.25) is 0 Å². The Labute approximate surface area is 108 Å². The molecule has 0 aliphatic heterocycles. The lowest BCUT2D eigenvalue weighted by Crippen LogP contribution is -2.20. The molecule has 3 heteroatoms. The molecule has 1 fully saturated rings. The lowest BCUT2D eigenvalue weighted by Gasteiger charge is -2.21. The normalized spacial score (nSPS) is 24.5. The van der Waals surface area contributed by atoms with Gasteiger partial charge in [0.2, 0.25) is 0 Å². The zero-order valence-corrected chi connectivity index (χ0v) is 11.4. The summed E-state index contributed by atoms with van der Waals surface area (Å²) in [7, 11) is 2.08.